The molecule has 2 aliphatic carbocycles. The molecular formula is C15H21NO2S. The lowest BCUT2D eigenvalue weighted by atomic mass is 9.92. The second-order valence-corrected chi connectivity index (χ2v) is 7.47. The van der Waals surface area contributed by atoms with Gasteiger partial charge in [-0.3, -0.25) is 0 Å². The minimum atomic E-state index is -3.29. The molecule has 0 atom stereocenters. The second kappa shape index (κ2) is 4.91. The van der Waals surface area contributed by atoms with Crippen molar-refractivity contribution in [3.63, 3.8) is 0 Å². The molecule has 0 saturated heterocycles. The molecule has 0 amide bonds. The van der Waals surface area contributed by atoms with Crippen molar-refractivity contribution in [2.45, 2.75) is 56.4 Å². The summed E-state index contributed by atoms with van der Waals surface area (Å²) < 4.78 is 27.0. The number of hydrogen-bond acceptors (Lipinski definition) is 2. The third kappa shape index (κ3) is 2.43. The van der Waals surface area contributed by atoms with Crippen LogP contribution in [0.3, 0.4) is 0 Å². The van der Waals surface area contributed by atoms with Crippen LogP contribution in [0.4, 0.5) is 0 Å². The highest BCUT2D eigenvalue weighted by atomic mass is 32.2. The van der Waals surface area contributed by atoms with Crippen LogP contribution in [0.5, 0.6) is 0 Å². The number of nitrogens with zero attached hydrogens (tertiary/aromatic N) is 1. The van der Waals surface area contributed by atoms with Crippen molar-refractivity contribution in [3.05, 3.63) is 29.3 Å². The van der Waals surface area contributed by atoms with E-state index in [9.17, 15) is 8.42 Å². The zero-order chi connectivity index (χ0) is 13.5. The van der Waals surface area contributed by atoms with Crippen LogP contribution in [-0.4, -0.2) is 25.3 Å². The Hall–Kier alpha value is -0.870. The first-order valence-corrected chi connectivity index (χ1v) is 8.70. The van der Waals surface area contributed by atoms with E-state index in [0.29, 0.717) is 11.4 Å². The molecule has 0 radical (unpaired) electrons. The summed E-state index contributed by atoms with van der Waals surface area (Å²) in [6, 6.07) is 5.97. The summed E-state index contributed by atoms with van der Waals surface area (Å²) in [6.07, 6.45) is 6.54. The van der Waals surface area contributed by atoms with Gasteiger partial charge in [-0.05, 0) is 61.8 Å². The Balaban J connectivity index is 1.96. The van der Waals surface area contributed by atoms with Crippen molar-refractivity contribution in [3.8, 4) is 0 Å². The molecule has 0 aliphatic heterocycles. The van der Waals surface area contributed by atoms with Crippen LogP contribution < -0.4 is 0 Å². The van der Waals surface area contributed by atoms with Crippen molar-refractivity contribution in [2.24, 2.45) is 0 Å². The Morgan fingerprint density at radius 1 is 1.16 bits per heavy atom. The van der Waals surface area contributed by atoms with Gasteiger partial charge in [0.1, 0.15) is 0 Å². The van der Waals surface area contributed by atoms with Gasteiger partial charge in [0.15, 0.2) is 0 Å². The number of rotatable bonds is 4. The quantitative estimate of drug-likeness (QED) is 0.850. The van der Waals surface area contributed by atoms with E-state index in [1.165, 1.54) is 24.0 Å². The molecule has 0 spiro atoms. The average molecular weight is 279 g/mol. The molecule has 1 saturated carbocycles. The lowest BCUT2D eigenvalue weighted by Crippen LogP contribution is -2.33. The highest BCUT2D eigenvalue weighted by molar-refractivity contribution is 7.89. The predicted molar refractivity (Wildman–Crippen MR) is 75.7 cm³/mol. The van der Waals surface area contributed by atoms with Gasteiger partial charge in [0, 0.05) is 12.6 Å². The zero-order valence-corrected chi connectivity index (χ0v) is 12.2. The Kier molecular flexibility index (Phi) is 3.39. The first kappa shape index (κ1) is 13.1. The molecule has 19 heavy (non-hydrogen) atoms. The largest absolute Gasteiger partial charge is 0.243 e. The fourth-order valence-electron chi connectivity index (χ4n) is 2.99. The van der Waals surface area contributed by atoms with Crippen LogP contribution in [0.25, 0.3) is 0 Å². The topological polar surface area (TPSA) is 37.4 Å². The highest BCUT2D eigenvalue weighted by Crippen LogP contribution is 2.33. The maximum absolute atomic E-state index is 12.7. The SMILES string of the molecule is CCN(C1CC1)S(=O)(=O)c1ccc2c(c1)CCCC2. The molecule has 3 rings (SSSR count). The number of benzene rings is 1. The van der Waals surface area contributed by atoms with E-state index in [1.807, 2.05) is 19.1 Å². The molecular weight excluding hydrogens is 258 g/mol. The summed E-state index contributed by atoms with van der Waals surface area (Å²) >= 11 is 0. The van der Waals surface area contributed by atoms with Gasteiger partial charge in [0.05, 0.1) is 4.90 Å². The van der Waals surface area contributed by atoms with Crippen LogP contribution in [0.15, 0.2) is 23.1 Å². The lowest BCUT2D eigenvalue weighted by molar-refractivity contribution is 0.421. The Morgan fingerprint density at radius 3 is 2.47 bits per heavy atom. The first-order valence-electron chi connectivity index (χ1n) is 7.26. The summed E-state index contributed by atoms with van der Waals surface area (Å²) in [7, 11) is -3.29. The maximum atomic E-state index is 12.7. The smallest absolute Gasteiger partial charge is 0.207 e. The minimum Gasteiger partial charge on any atom is -0.207 e. The van der Waals surface area contributed by atoms with E-state index in [2.05, 4.69) is 0 Å². The third-order valence-corrected chi connectivity index (χ3v) is 6.22. The first-order chi connectivity index (χ1) is 9.13. The van der Waals surface area contributed by atoms with Gasteiger partial charge >= 0.3 is 0 Å². The van der Waals surface area contributed by atoms with Crippen molar-refractivity contribution in [1.82, 2.24) is 4.31 Å². The van der Waals surface area contributed by atoms with Gasteiger partial charge < -0.3 is 0 Å². The molecule has 0 aromatic heterocycles. The Labute approximate surface area is 115 Å². The fraction of sp³-hybridized carbons (Fsp3) is 0.600. The highest BCUT2D eigenvalue weighted by Gasteiger charge is 2.37. The number of aryl methyl sites for hydroxylation is 2. The van der Waals surface area contributed by atoms with Gasteiger partial charge in [-0.15, -0.1) is 0 Å². The Bertz CT molecular complexity index is 576. The van der Waals surface area contributed by atoms with E-state index < -0.39 is 10.0 Å². The van der Waals surface area contributed by atoms with Crippen LogP contribution in [0, 0.1) is 0 Å². The molecule has 104 valence electrons. The van der Waals surface area contributed by atoms with E-state index in [-0.39, 0.29) is 6.04 Å². The molecule has 2 aliphatic rings. The van der Waals surface area contributed by atoms with Gasteiger partial charge in [0.2, 0.25) is 10.0 Å². The van der Waals surface area contributed by atoms with Crippen LogP contribution in [-0.2, 0) is 22.9 Å². The number of sulfonamides is 1. The molecule has 1 fully saturated rings. The average Bonchev–Trinajstić information content (AvgIpc) is 3.23. The molecule has 4 heteroatoms. The summed E-state index contributed by atoms with van der Waals surface area (Å²) in [5, 5.41) is 0. The van der Waals surface area contributed by atoms with Crippen molar-refractivity contribution < 1.29 is 8.42 Å². The maximum Gasteiger partial charge on any atom is 0.243 e. The van der Waals surface area contributed by atoms with Crippen LogP contribution in [0.1, 0.15) is 43.7 Å². The number of hydrogen-bond donors (Lipinski definition) is 0. The molecule has 3 nitrogen and oxygen atoms in total. The van der Waals surface area contributed by atoms with E-state index in [1.54, 1.807) is 10.4 Å². The summed E-state index contributed by atoms with van der Waals surface area (Å²) in [6.45, 7) is 2.50. The number of fused-ring (bicyclic) bond motifs is 1. The lowest BCUT2D eigenvalue weighted by Gasteiger charge is -2.22. The van der Waals surface area contributed by atoms with E-state index >= 15 is 0 Å². The zero-order valence-electron chi connectivity index (χ0n) is 11.4. The summed E-state index contributed by atoms with van der Waals surface area (Å²) in [5.74, 6) is 0. The van der Waals surface area contributed by atoms with Gasteiger partial charge in [-0.25, -0.2) is 8.42 Å². The van der Waals surface area contributed by atoms with Gasteiger partial charge in [0.25, 0.3) is 0 Å². The molecule has 1 aromatic carbocycles. The predicted octanol–water partition coefficient (Wildman–Crippen LogP) is 2.74. The monoisotopic (exact) mass is 279 g/mol. The van der Waals surface area contributed by atoms with Gasteiger partial charge in [-0.2, -0.15) is 4.31 Å². The second-order valence-electron chi connectivity index (χ2n) is 5.58. The normalized spacial score (nSPS) is 19.5. The Morgan fingerprint density at radius 2 is 1.84 bits per heavy atom. The fourth-order valence-corrected chi connectivity index (χ4v) is 4.74. The molecule has 0 unspecified atom stereocenters. The third-order valence-electron chi connectivity index (χ3n) is 4.19. The van der Waals surface area contributed by atoms with Gasteiger partial charge in [-0.1, -0.05) is 13.0 Å². The minimum absolute atomic E-state index is 0.242. The van der Waals surface area contributed by atoms with Crippen molar-refractivity contribution >= 4 is 10.0 Å². The molecule has 0 N–H and O–H groups in total. The van der Waals surface area contributed by atoms with Crippen molar-refractivity contribution in [1.29, 1.82) is 0 Å². The van der Waals surface area contributed by atoms with E-state index in [4.69, 9.17) is 0 Å². The van der Waals surface area contributed by atoms with Crippen LogP contribution >= 0.6 is 0 Å². The summed E-state index contributed by atoms with van der Waals surface area (Å²) in [4.78, 5) is 0.488. The van der Waals surface area contributed by atoms with E-state index in [0.717, 1.165) is 25.7 Å². The standard InChI is InChI=1S/C15H21NO2S/c1-2-16(14-8-9-14)19(17,18)15-10-7-12-5-3-4-6-13(12)11-15/h7,10-11,14H,2-6,8-9H2,1H3. The molecule has 1 aromatic rings. The molecule has 0 bridgehead atoms. The molecule has 0 heterocycles. The van der Waals surface area contributed by atoms with Crippen molar-refractivity contribution in [2.75, 3.05) is 6.54 Å². The summed E-state index contributed by atoms with van der Waals surface area (Å²) in [5.41, 5.74) is 2.57. The van der Waals surface area contributed by atoms with Crippen LogP contribution in [0.2, 0.25) is 0 Å².